The average molecular weight is 300 g/mol. The van der Waals surface area contributed by atoms with Gasteiger partial charge in [0.2, 0.25) is 5.75 Å². The first kappa shape index (κ1) is 15.8. The molecule has 0 bridgehead atoms. The number of para-hydroxylation sites is 1. The van der Waals surface area contributed by atoms with Gasteiger partial charge in [0.1, 0.15) is 5.75 Å². The molecular weight excluding hydrogens is 280 g/mol. The van der Waals surface area contributed by atoms with Crippen LogP contribution in [0.2, 0.25) is 0 Å². The zero-order chi connectivity index (χ0) is 15.9. The van der Waals surface area contributed by atoms with Crippen LogP contribution < -0.4 is 14.2 Å². The van der Waals surface area contributed by atoms with Gasteiger partial charge in [-0.2, -0.15) is 0 Å². The molecule has 0 unspecified atom stereocenters. The number of hydrogen-bond donors (Lipinski definition) is 1. The Bertz CT molecular complexity index is 637. The van der Waals surface area contributed by atoms with Crippen molar-refractivity contribution in [2.24, 2.45) is 0 Å². The van der Waals surface area contributed by atoms with Crippen LogP contribution in [0.1, 0.15) is 11.1 Å². The molecule has 0 aliphatic heterocycles. The van der Waals surface area contributed by atoms with Gasteiger partial charge in [-0.3, -0.25) is 0 Å². The van der Waals surface area contributed by atoms with Crippen molar-refractivity contribution in [3.8, 4) is 23.0 Å². The van der Waals surface area contributed by atoms with E-state index in [4.69, 9.17) is 14.2 Å². The molecule has 0 aromatic heterocycles. The highest BCUT2D eigenvalue weighted by molar-refractivity contribution is 5.58. The molecule has 4 nitrogen and oxygen atoms in total. The summed E-state index contributed by atoms with van der Waals surface area (Å²) >= 11 is 0. The van der Waals surface area contributed by atoms with Gasteiger partial charge >= 0.3 is 0 Å². The molecule has 0 aliphatic carbocycles. The van der Waals surface area contributed by atoms with Gasteiger partial charge in [0.05, 0.1) is 21.3 Å². The minimum Gasteiger partial charge on any atom is -0.507 e. The minimum absolute atomic E-state index is 0.267. The lowest BCUT2D eigenvalue weighted by molar-refractivity contribution is 0.324. The Balaban J connectivity index is 2.21. The molecule has 116 valence electrons. The zero-order valence-electron chi connectivity index (χ0n) is 13.0. The highest BCUT2D eigenvalue weighted by Crippen LogP contribution is 2.38. The molecule has 0 spiro atoms. The van der Waals surface area contributed by atoms with Crippen LogP contribution in [-0.4, -0.2) is 26.4 Å². The Labute approximate surface area is 130 Å². The van der Waals surface area contributed by atoms with E-state index in [1.165, 1.54) is 0 Å². The number of aromatic hydroxyl groups is 1. The predicted molar refractivity (Wildman–Crippen MR) is 86.9 cm³/mol. The maximum Gasteiger partial charge on any atom is 0.203 e. The Morgan fingerprint density at radius 2 is 1.59 bits per heavy atom. The molecule has 0 fully saturated rings. The van der Waals surface area contributed by atoms with Crippen LogP contribution in [0.15, 0.2) is 42.5 Å². The second-order valence-electron chi connectivity index (χ2n) is 4.70. The first-order valence-corrected chi connectivity index (χ1v) is 6.93. The van der Waals surface area contributed by atoms with Gasteiger partial charge in [-0.25, -0.2) is 0 Å². The molecule has 2 aromatic carbocycles. The van der Waals surface area contributed by atoms with Crippen molar-refractivity contribution < 1.29 is 19.3 Å². The van der Waals surface area contributed by atoms with E-state index in [-0.39, 0.29) is 5.75 Å². The fraction of sp³-hybridized carbons (Fsp3) is 0.222. The van der Waals surface area contributed by atoms with Crippen LogP contribution >= 0.6 is 0 Å². The molecule has 22 heavy (non-hydrogen) atoms. The number of methoxy groups -OCH3 is 3. The van der Waals surface area contributed by atoms with E-state index >= 15 is 0 Å². The zero-order valence-corrected chi connectivity index (χ0v) is 13.0. The monoisotopic (exact) mass is 300 g/mol. The van der Waals surface area contributed by atoms with Gasteiger partial charge in [0.15, 0.2) is 11.5 Å². The minimum atomic E-state index is 0.267. The first-order chi connectivity index (χ1) is 10.7. The third-order valence-electron chi connectivity index (χ3n) is 3.31. The molecule has 0 aliphatic rings. The Kier molecular flexibility index (Phi) is 5.31. The number of hydrogen-bond acceptors (Lipinski definition) is 4. The lowest BCUT2D eigenvalue weighted by Gasteiger charge is -2.13. The van der Waals surface area contributed by atoms with E-state index in [2.05, 4.69) is 0 Å². The molecule has 0 radical (unpaired) electrons. The summed E-state index contributed by atoms with van der Waals surface area (Å²) in [7, 11) is 4.77. The largest absolute Gasteiger partial charge is 0.507 e. The topological polar surface area (TPSA) is 47.9 Å². The predicted octanol–water partition coefficient (Wildman–Crippen LogP) is 3.67. The van der Waals surface area contributed by atoms with Gasteiger partial charge in [-0.1, -0.05) is 30.4 Å². The second kappa shape index (κ2) is 7.41. The summed E-state index contributed by atoms with van der Waals surface area (Å²) in [6, 6.07) is 11.0. The fourth-order valence-electron chi connectivity index (χ4n) is 2.20. The van der Waals surface area contributed by atoms with Crippen LogP contribution in [0.5, 0.6) is 23.0 Å². The summed E-state index contributed by atoms with van der Waals surface area (Å²) in [4.78, 5) is 0. The second-order valence-corrected chi connectivity index (χ2v) is 4.70. The molecule has 2 aromatic rings. The number of phenols is 1. The van der Waals surface area contributed by atoms with Crippen LogP contribution in [0.3, 0.4) is 0 Å². The van der Waals surface area contributed by atoms with Gasteiger partial charge in [0.25, 0.3) is 0 Å². The van der Waals surface area contributed by atoms with Crippen molar-refractivity contribution in [2.45, 2.75) is 6.42 Å². The van der Waals surface area contributed by atoms with Gasteiger partial charge in [0, 0.05) is 5.56 Å². The third-order valence-corrected chi connectivity index (χ3v) is 3.31. The van der Waals surface area contributed by atoms with E-state index in [1.54, 1.807) is 33.5 Å². The lowest BCUT2D eigenvalue weighted by Crippen LogP contribution is -1.96. The van der Waals surface area contributed by atoms with Crippen LogP contribution in [-0.2, 0) is 6.42 Å². The molecule has 4 heteroatoms. The van der Waals surface area contributed by atoms with E-state index < -0.39 is 0 Å². The standard InChI is InChI=1S/C18H20O4/c1-20-16-11-13(12-17(21-2)18(16)22-3)7-6-9-14-8-4-5-10-15(14)19/h4-6,8-12,19H,7H2,1-3H3/b9-6+. The van der Waals surface area contributed by atoms with Crippen molar-refractivity contribution in [3.05, 3.63) is 53.6 Å². The maximum atomic E-state index is 9.73. The molecule has 0 saturated heterocycles. The van der Waals surface area contributed by atoms with Crippen molar-refractivity contribution in [1.82, 2.24) is 0 Å². The molecule has 1 N–H and O–H groups in total. The molecular formula is C18H20O4. The molecule has 0 saturated carbocycles. The van der Waals surface area contributed by atoms with E-state index in [0.717, 1.165) is 11.1 Å². The highest BCUT2D eigenvalue weighted by Gasteiger charge is 2.12. The van der Waals surface area contributed by atoms with Crippen LogP contribution in [0.25, 0.3) is 6.08 Å². The lowest BCUT2D eigenvalue weighted by atomic mass is 10.1. The number of rotatable bonds is 6. The quantitative estimate of drug-likeness (QED) is 0.884. The van der Waals surface area contributed by atoms with Crippen molar-refractivity contribution >= 4 is 6.08 Å². The summed E-state index contributed by atoms with van der Waals surface area (Å²) in [5.74, 6) is 2.11. The van der Waals surface area contributed by atoms with Crippen molar-refractivity contribution in [2.75, 3.05) is 21.3 Å². The Morgan fingerprint density at radius 3 is 2.14 bits per heavy atom. The van der Waals surface area contributed by atoms with Crippen molar-refractivity contribution in [3.63, 3.8) is 0 Å². The first-order valence-electron chi connectivity index (χ1n) is 6.93. The summed E-state index contributed by atoms with van der Waals surface area (Å²) in [6.45, 7) is 0. The van der Waals surface area contributed by atoms with E-state index in [1.807, 2.05) is 36.4 Å². The number of allylic oxidation sites excluding steroid dienone is 1. The smallest absolute Gasteiger partial charge is 0.203 e. The van der Waals surface area contributed by atoms with Crippen LogP contribution in [0, 0.1) is 0 Å². The SMILES string of the molecule is COc1cc(C/C=C/c2ccccc2O)cc(OC)c1OC. The number of ether oxygens (including phenoxy) is 3. The van der Waals surface area contributed by atoms with E-state index in [9.17, 15) is 5.11 Å². The summed E-state index contributed by atoms with van der Waals surface area (Å²) in [5.41, 5.74) is 1.82. The fourth-order valence-corrected chi connectivity index (χ4v) is 2.20. The molecule has 2 rings (SSSR count). The molecule has 0 amide bonds. The summed E-state index contributed by atoms with van der Waals surface area (Å²) < 4.78 is 16.0. The van der Waals surface area contributed by atoms with Crippen LogP contribution in [0.4, 0.5) is 0 Å². The van der Waals surface area contributed by atoms with E-state index in [0.29, 0.717) is 23.7 Å². The summed E-state index contributed by atoms with van der Waals surface area (Å²) in [6.07, 6.45) is 4.55. The average Bonchev–Trinajstić information content (AvgIpc) is 2.55. The summed E-state index contributed by atoms with van der Waals surface area (Å²) in [5, 5.41) is 9.73. The highest BCUT2D eigenvalue weighted by atomic mass is 16.5. The Hall–Kier alpha value is -2.62. The number of phenolic OH excluding ortho intramolecular Hbond substituents is 1. The normalized spacial score (nSPS) is 10.7. The van der Waals surface area contributed by atoms with Gasteiger partial charge < -0.3 is 19.3 Å². The van der Waals surface area contributed by atoms with Crippen molar-refractivity contribution in [1.29, 1.82) is 0 Å². The Morgan fingerprint density at radius 1 is 0.955 bits per heavy atom. The third kappa shape index (κ3) is 3.52. The maximum absolute atomic E-state index is 9.73. The van der Waals surface area contributed by atoms with Gasteiger partial charge in [-0.05, 0) is 30.2 Å². The number of benzene rings is 2. The molecule has 0 heterocycles. The van der Waals surface area contributed by atoms with Gasteiger partial charge in [-0.15, -0.1) is 0 Å². The molecule has 0 atom stereocenters.